The summed E-state index contributed by atoms with van der Waals surface area (Å²) < 4.78 is 0. The van der Waals surface area contributed by atoms with Crippen LogP contribution in [0.4, 0.5) is 0 Å². The van der Waals surface area contributed by atoms with Crippen LogP contribution in [0.1, 0.15) is 25.3 Å². The number of Topliss-reactive ketones (excluding diaryl/α,β-unsaturated/α-hetero) is 1. The van der Waals surface area contributed by atoms with Crippen LogP contribution in [0.3, 0.4) is 0 Å². The van der Waals surface area contributed by atoms with Crippen LogP contribution in [0.5, 0.6) is 5.75 Å². The number of carbonyl (C=O) groups is 1. The number of benzene rings is 1. The van der Waals surface area contributed by atoms with Crippen molar-refractivity contribution in [3.63, 3.8) is 0 Å². The van der Waals surface area contributed by atoms with Gasteiger partial charge in [-0.1, -0.05) is 18.2 Å². The molecule has 0 heterocycles. The number of hydrogen-bond acceptors (Lipinski definition) is 2. The predicted molar refractivity (Wildman–Crippen MR) is 49.7 cm³/mol. The van der Waals surface area contributed by atoms with Crippen molar-refractivity contribution in [2.45, 2.75) is 25.2 Å². The zero-order valence-electron chi connectivity index (χ0n) is 7.58. The molecule has 68 valence electrons. The molecule has 0 unspecified atom stereocenters. The highest BCUT2D eigenvalue weighted by atomic mass is 16.3. The van der Waals surface area contributed by atoms with E-state index < -0.39 is 5.41 Å². The Morgan fingerprint density at radius 3 is 2.54 bits per heavy atom. The summed E-state index contributed by atoms with van der Waals surface area (Å²) in [7, 11) is 0. The molecule has 1 aliphatic rings. The van der Waals surface area contributed by atoms with Crippen LogP contribution in [0, 0.1) is 0 Å². The molecule has 2 heteroatoms. The molecule has 0 aromatic heterocycles. The lowest BCUT2D eigenvalue weighted by atomic mass is 9.64. The summed E-state index contributed by atoms with van der Waals surface area (Å²) in [6.45, 7) is 1.90. The van der Waals surface area contributed by atoms with Gasteiger partial charge in [0.15, 0.2) is 0 Å². The van der Waals surface area contributed by atoms with E-state index >= 15 is 0 Å². The molecule has 1 saturated carbocycles. The van der Waals surface area contributed by atoms with Crippen LogP contribution >= 0.6 is 0 Å². The molecule has 1 fully saturated rings. The maximum atomic E-state index is 11.4. The lowest BCUT2D eigenvalue weighted by Gasteiger charge is -2.37. The fourth-order valence-corrected chi connectivity index (χ4v) is 1.83. The number of para-hydroxylation sites is 1. The normalized spacial score (nSPS) is 27.0. The number of phenolic OH excluding ortho intramolecular Hbond substituents is 1. The Morgan fingerprint density at radius 2 is 2.08 bits per heavy atom. The van der Waals surface area contributed by atoms with Crippen molar-refractivity contribution in [2.24, 2.45) is 0 Å². The fourth-order valence-electron chi connectivity index (χ4n) is 1.83. The average molecular weight is 176 g/mol. The van der Waals surface area contributed by atoms with Crippen LogP contribution in [-0.2, 0) is 10.2 Å². The lowest BCUT2D eigenvalue weighted by molar-refractivity contribution is -0.131. The molecule has 0 aliphatic heterocycles. The first kappa shape index (κ1) is 8.30. The summed E-state index contributed by atoms with van der Waals surface area (Å²) in [6, 6.07) is 7.08. The molecule has 0 amide bonds. The van der Waals surface area contributed by atoms with E-state index in [-0.39, 0.29) is 11.5 Å². The SMILES string of the molecule is C[C@@]1(c2ccccc2O)CCC1=O. The summed E-state index contributed by atoms with van der Waals surface area (Å²) in [6.07, 6.45) is 1.49. The van der Waals surface area contributed by atoms with Crippen molar-refractivity contribution in [3.8, 4) is 5.75 Å². The number of rotatable bonds is 1. The highest BCUT2D eigenvalue weighted by Crippen LogP contribution is 2.43. The molecule has 0 saturated heterocycles. The van der Waals surface area contributed by atoms with Crippen molar-refractivity contribution < 1.29 is 9.90 Å². The van der Waals surface area contributed by atoms with E-state index in [0.29, 0.717) is 6.42 Å². The largest absolute Gasteiger partial charge is 0.508 e. The molecule has 13 heavy (non-hydrogen) atoms. The van der Waals surface area contributed by atoms with E-state index in [9.17, 15) is 9.90 Å². The summed E-state index contributed by atoms with van der Waals surface area (Å²) in [5.41, 5.74) is 0.344. The van der Waals surface area contributed by atoms with Gasteiger partial charge in [-0.2, -0.15) is 0 Å². The van der Waals surface area contributed by atoms with Gasteiger partial charge in [-0.15, -0.1) is 0 Å². The minimum atomic E-state index is -0.425. The van der Waals surface area contributed by atoms with Crippen molar-refractivity contribution in [3.05, 3.63) is 29.8 Å². The minimum absolute atomic E-state index is 0.231. The van der Waals surface area contributed by atoms with E-state index in [2.05, 4.69) is 0 Å². The number of hydrogen-bond donors (Lipinski definition) is 1. The third-order valence-corrected chi connectivity index (χ3v) is 2.97. The molecule has 1 aromatic rings. The Kier molecular flexibility index (Phi) is 1.65. The zero-order valence-corrected chi connectivity index (χ0v) is 7.58. The van der Waals surface area contributed by atoms with Crippen LogP contribution in [-0.4, -0.2) is 10.9 Å². The Labute approximate surface area is 77.2 Å². The Hall–Kier alpha value is -1.31. The zero-order chi connectivity index (χ0) is 9.47. The van der Waals surface area contributed by atoms with E-state index in [0.717, 1.165) is 12.0 Å². The number of ketones is 1. The van der Waals surface area contributed by atoms with Gasteiger partial charge in [0.2, 0.25) is 0 Å². The summed E-state index contributed by atoms with van der Waals surface area (Å²) >= 11 is 0. The molecule has 1 aliphatic carbocycles. The van der Waals surface area contributed by atoms with E-state index in [4.69, 9.17) is 0 Å². The Balaban J connectivity index is 2.46. The monoisotopic (exact) mass is 176 g/mol. The molecule has 2 nitrogen and oxygen atoms in total. The smallest absolute Gasteiger partial charge is 0.143 e. The van der Waals surface area contributed by atoms with Gasteiger partial charge < -0.3 is 5.11 Å². The molecule has 0 bridgehead atoms. The van der Waals surface area contributed by atoms with Gasteiger partial charge in [0.05, 0.1) is 5.41 Å². The Morgan fingerprint density at radius 1 is 1.38 bits per heavy atom. The van der Waals surface area contributed by atoms with Crippen LogP contribution < -0.4 is 0 Å². The van der Waals surface area contributed by atoms with E-state index in [1.165, 1.54) is 0 Å². The van der Waals surface area contributed by atoms with Gasteiger partial charge in [-0.25, -0.2) is 0 Å². The van der Waals surface area contributed by atoms with Gasteiger partial charge in [0.25, 0.3) is 0 Å². The third-order valence-electron chi connectivity index (χ3n) is 2.97. The van der Waals surface area contributed by atoms with E-state index in [1.54, 1.807) is 12.1 Å². The molecule has 0 radical (unpaired) electrons. The van der Waals surface area contributed by atoms with Crippen LogP contribution in [0.25, 0.3) is 0 Å². The van der Waals surface area contributed by atoms with Gasteiger partial charge in [-0.05, 0) is 19.4 Å². The second-order valence-corrected chi connectivity index (χ2v) is 3.77. The van der Waals surface area contributed by atoms with E-state index in [1.807, 2.05) is 19.1 Å². The summed E-state index contributed by atoms with van der Waals surface area (Å²) in [5, 5.41) is 9.58. The van der Waals surface area contributed by atoms with Crippen LogP contribution in [0.15, 0.2) is 24.3 Å². The first-order valence-corrected chi connectivity index (χ1v) is 4.46. The van der Waals surface area contributed by atoms with Crippen molar-refractivity contribution in [1.82, 2.24) is 0 Å². The van der Waals surface area contributed by atoms with Crippen LogP contribution in [0.2, 0.25) is 0 Å². The number of carbonyl (C=O) groups excluding carboxylic acids is 1. The Bertz CT molecular complexity index is 357. The molecular weight excluding hydrogens is 164 g/mol. The fraction of sp³-hybridized carbons (Fsp3) is 0.364. The lowest BCUT2D eigenvalue weighted by Crippen LogP contribution is -2.42. The molecular formula is C11H12O2. The highest BCUT2D eigenvalue weighted by Gasteiger charge is 2.44. The third kappa shape index (κ3) is 1.05. The average Bonchev–Trinajstić information content (AvgIpc) is 2.15. The number of aromatic hydroxyl groups is 1. The second kappa shape index (κ2) is 2.59. The first-order valence-electron chi connectivity index (χ1n) is 4.46. The molecule has 1 aromatic carbocycles. The summed E-state index contributed by atoms with van der Waals surface area (Å²) in [4.78, 5) is 11.4. The second-order valence-electron chi connectivity index (χ2n) is 3.77. The van der Waals surface area contributed by atoms with Crippen molar-refractivity contribution >= 4 is 5.78 Å². The number of phenols is 1. The topological polar surface area (TPSA) is 37.3 Å². The van der Waals surface area contributed by atoms with Crippen molar-refractivity contribution in [2.75, 3.05) is 0 Å². The summed E-state index contributed by atoms with van der Waals surface area (Å²) in [5.74, 6) is 0.465. The van der Waals surface area contributed by atoms with Crippen molar-refractivity contribution in [1.29, 1.82) is 0 Å². The van der Waals surface area contributed by atoms with Gasteiger partial charge in [0.1, 0.15) is 11.5 Å². The maximum absolute atomic E-state index is 11.4. The molecule has 2 rings (SSSR count). The standard InChI is InChI=1S/C11H12O2/c1-11(7-6-10(11)13)8-4-2-3-5-9(8)12/h2-5,12H,6-7H2,1H3/t11-/m0/s1. The first-order chi connectivity index (χ1) is 6.14. The highest BCUT2D eigenvalue weighted by molar-refractivity contribution is 5.95. The molecule has 0 spiro atoms. The van der Waals surface area contributed by atoms with Gasteiger partial charge in [-0.3, -0.25) is 4.79 Å². The maximum Gasteiger partial charge on any atom is 0.143 e. The van der Waals surface area contributed by atoms with Gasteiger partial charge in [0, 0.05) is 12.0 Å². The molecule has 1 N–H and O–H groups in total. The molecule has 1 atom stereocenters. The van der Waals surface area contributed by atoms with Gasteiger partial charge >= 0.3 is 0 Å². The predicted octanol–water partition coefficient (Wildman–Crippen LogP) is 2.01. The minimum Gasteiger partial charge on any atom is -0.508 e. The quantitative estimate of drug-likeness (QED) is 0.710.